The number of imidazole rings is 1. The Kier molecular flexibility index (Phi) is 4.01. The highest BCUT2D eigenvalue weighted by Gasteiger charge is 2.21. The average molecular weight is 365 g/mol. The fourth-order valence-corrected chi connectivity index (χ4v) is 4.27. The summed E-state index contributed by atoms with van der Waals surface area (Å²) < 4.78 is 4.76. The van der Waals surface area contributed by atoms with Gasteiger partial charge in [-0.1, -0.05) is 60.7 Å². The Labute approximate surface area is 164 Å². The second-order valence-electron chi connectivity index (χ2n) is 7.23. The number of hydrogen-bond donors (Lipinski definition) is 0. The molecule has 0 N–H and O–H groups in total. The zero-order valence-electron chi connectivity index (χ0n) is 16.3. The van der Waals surface area contributed by atoms with E-state index in [1.54, 1.807) is 0 Å². The fourth-order valence-electron chi connectivity index (χ4n) is 4.27. The molecule has 0 saturated carbocycles. The Hall–Kier alpha value is -3.33. The van der Waals surface area contributed by atoms with Crippen LogP contribution in [0.25, 0.3) is 33.5 Å². The molecule has 138 valence electrons. The molecule has 0 aliphatic carbocycles. The van der Waals surface area contributed by atoms with Gasteiger partial charge in [0.1, 0.15) is 0 Å². The third kappa shape index (κ3) is 2.55. The summed E-state index contributed by atoms with van der Waals surface area (Å²) in [4.78, 5) is 5.05. The van der Waals surface area contributed by atoms with Crippen molar-refractivity contribution in [2.45, 2.75) is 26.9 Å². The highest BCUT2D eigenvalue weighted by molar-refractivity contribution is 5.92. The summed E-state index contributed by atoms with van der Waals surface area (Å²) in [5.41, 5.74) is 7.29. The molecular formula is C25H23N3. The van der Waals surface area contributed by atoms with Crippen LogP contribution in [0.4, 0.5) is 0 Å². The molecule has 28 heavy (non-hydrogen) atoms. The molecule has 3 heteroatoms. The molecule has 2 heterocycles. The Morgan fingerprint density at radius 3 is 2.21 bits per heavy atom. The van der Waals surface area contributed by atoms with E-state index < -0.39 is 0 Å². The van der Waals surface area contributed by atoms with Gasteiger partial charge in [0.25, 0.3) is 0 Å². The van der Waals surface area contributed by atoms with Gasteiger partial charge in [-0.3, -0.25) is 0 Å². The van der Waals surface area contributed by atoms with Gasteiger partial charge in [0, 0.05) is 24.0 Å². The largest absolute Gasteiger partial charge is 0.333 e. The van der Waals surface area contributed by atoms with Crippen LogP contribution in [-0.2, 0) is 13.1 Å². The first kappa shape index (κ1) is 16.8. The predicted molar refractivity (Wildman–Crippen MR) is 117 cm³/mol. The molecule has 0 amide bonds. The molecule has 0 aliphatic heterocycles. The summed E-state index contributed by atoms with van der Waals surface area (Å²) in [6.45, 7) is 6.13. The first-order chi connectivity index (χ1) is 13.8. The van der Waals surface area contributed by atoms with Crippen molar-refractivity contribution in [3.05, 3.63) is 90.0 Å². The van der Waals surface area contributed by atoms with E-state index in [-0.39, 0.29) is 0 Å². The van der Waals surface area contributed by atoms with Crippen molar-refractivity contribution in [1.29, 1.82) is 0 Å². The van der Waals surface area contributed by atoms with Crippen molar-refractivity contribution in [3.63, 3.8) is 0 Å². The smallest absolute Gasteiger partial charge is 0.158 e. The lowest BCUT2D eigenvalue weighted by Crippen LogP contribution is -2.06. The predicted octanol–water partition coefficient (Wildman–Crippen LogP) is 6.03. The zero-order chi connectivity index (χ0) is 19.1. The quantitative estimate of drug-likeness (QED) is 0.381. The zero-order valence-corrected chi connectivity index (χ0v) is 16.3. The molecule has 0 aliphatic rings. The number of hydrogen-bond acceptors (Lipinski definition) is 1. The molecular weight excluding hydrogens is 342 g/mol. The second-order valence-corrected chi connectivity index (χ2v) is 7.23. The van der Waals surface area contributed by atoms with Crippen molar-refractivity contribution >= 4 is 21.9 Å². The van der Waals surface area contributed by atoms with E-state index in [0.717, 1.165) is 24.4 Å². The van der Waals surface area contributed by atoms with Gasteiger partial charge in [0.2, 0.25) is 0 Å². The third-order valence-corrected chi connectivity index (χ3v) is 5.59. The summed E-state index contributed by atoms with van der Waals surface area (Å²) in [6, 6.07) is 27.8. The normalized spacial score (nSPS) is 11.5. The van der Waals surface area contributed by atoms with E-state index in [1.807, 2.05) is 0 Å². The Morgan fingerprint density at radius 2 is 1.43 bits per heavy atom. The van der Waals surface area contributed by atoms with E-state index in [9.17, 15) is 0 Å². The van der Waals surface area contributed by atoms with Crippen LogP contribution in [-0.4, -0.2) is 14.1 Å². The van der Waals surface area contributed by atoms with E-state index in [0.29, 0.717) is 0 Å². The first-order valence-corrected chi connectivity index (χ1v) is 9.85. The number of aryl methyl sites for hydroxylation is 2. The number of benzene rings is 3. The van der Waals surface area contributed by atoms with Gasteiger partial charge < -0.3 is 9.13 Å². The van der Waals surface area contributed by atoms with E-state index in [1.165, 1.54) is 33.2 Å². The number of nitrogens with zero attached hydrogens (tertiary/aromatic N) is 3. The minimum atomic E-state index is 0.831. The fraction of sp³-hybridized carbons (Fsp3) is 0.160. The van der Waals surface area contributed by atoms with Crippen LogP contribution in [0.15, 0.2) is 78.9 Å². The Bertz CT molecular complexity index is 1280. The minimum Gasteiger partial charge on any atom is -0.333 e. The molecule has 0 spiro atoms. The van der Waals surface area contributed by atoms with Gasteiger partial charge >= 0.3 is 0 Å². The van der Waals surface area contributed by atoms with Crippen molar-refractivity contribution in [1.82, 2.24) is 14.1 Å². The lowest BCUT2D eigenvalue weighted by molar-refractivity contribution is 0.771. The Morgan fingerprint density at radius 1 is 0.750 bits per heavy atom. The molecule has 3 aromatic carbocycles. The monoisotopic (exact) mass is 365 g/mol. The molecule has 5 rings (SSSR count). The maximum absolute atomic E-state index is 5.05. The minimum absolute atomic E-state index is 0.831. The van der Waals surface area contributed by atoms with Crippen LogP contribution >= 0.6 is 0 Å². The maximum Gasteiger partial charge on any atom is 0.158 e. The van der Waals surface area contributed by atoms with Crippen molar-refractivity contribution in [2.24, 2.45) is 0 Å². The van der Waals surface area contributed by atoms with Crippen LogP contribution in [0.2, 0.25) is 0 Å². The van der Waals surface area contributed by atoms with Gasteiger partial charge in [-0.25, -0.2) is 4.98 Å². The van der Waals surface area contributed by atoms with Gasteiger partial charge in [-0.2, -0.15) is 0 Å². The lowest BCUT2D eigenvalue weighted by atomic mass is 10.1. The third-order valence-electron chi connectivity index (χ3n) is 5.59. The van der Waals surface area contributed by atoms with Crippen molar-refractivity contribution < 1.29 is 0 Å². The number of aromatic nitrogens is 3. The van der Waals surface area contributed by atoms with Crippen molar-refractivity contribution in [3.8, 4) is 11.5 Å². The van der Waals surface area contributed by atoms with Gasteiger partial charge in [-0.15, -0.1) is 0 Å². The average Bonchev–Trinajstić information content (AvgIpc) is 3.24. The topological polar surface area (TPSA) is 22.8 Å². The molecule has 0 atom stereocenters. The summed E-state index contributed by atoms with van der Waals surface area (Å²) >= 11 is 0. The maximum atomic E-state index is 5.05. The molecule has 0 bridgehead atoms. The van der Waals surface area contributed by atoms with Gasteiger partial charge in [0.05, 0.1) is 16.7 Å². The van der Waals surface area contributed by atoms with E-state index in [2.05, 4.69) is 102 Å². The SMILES string of the molecule is CCn1c(-c2c(C)c3ccccc3n2Cc2ccccc2)nc2ccccc21. The highest BCUT2D eigenvalue weighted by Crippen LogP contribution is 2.35. The van der Waals surface area contributed by atoms with Gasteiger partial charge in [0.15, 0.2) is 5.82 Å². The van der Waals surface area contributed by atoms with Gasteiger partial charge in [-0.05, 0) is 43.2 Å². The van der Waals surface area contributed by atoms with Crippen LogP contribution in [0.1, 0.15) is 18.1 Å². The number of para-hydroxylation sites is 3. The van der Waals surface area contributed by atoms with E-state index in [4.69, 9.17) is 4.98 Å². The molecule has 0 radical (unpaired) electrons. The summed E-state index contributed by atoms with van der Waals surface area (Å²) in [5, 5.41) is 1.29. The lowest BCUT2D eigenvalue weighted by Gasteiger charge is -2.13. The number of rotatable bonds is 4. The molecule has 2 aromatic heterocycles. The summed E-state index contributed by atoms with van der Waals surface area (Å²) in [5.74, 6) is 1.05. The summed E-state index contributed by atoms with van der Waals surface area (Å²) in [6.07, 6.45) is 0. The van der Waals surface area contributed by atoms with Crippen molar-refractivity contribution in [2.75, 3.05) is 0 Å². The second kappa shape index (κ2) is 6.68. The first-order valence-electron chi connectivity index (χ1n) is 9.85. The molecule has 0 fully saturated rings. The molecule has 5 aromatic rings. The van der Waals surface area contributed by atoms with Crippen LogP contribution < -0.4 is 0 Å². The highest BCUT2D eigenvalue weighted by atomic mass is 15.1. The van der Waals surface area contributed by atoms with Crippen LogP contribution in [0.3, 0.4) is 0 Å². The Balaban J connectivity index is 1.82. The molecule has 0 saturated heterocycles. The molecule has 3 nitrogen and oxygen atoms in total. The summed E-state index contributed by atoms with van der Waals surface area (Å²) in [7, 11) is 0. The standard InChI is InChI=1S/C25H23N3/c1-3-27-23-16-10-8-14-21(23)26-25(27)24-18(2)20-13-7-9-15-22(20)28(24)17-19-11-5-4-6-12-19/h4-16H,3,17H2,1-2H3. The van der Waals surface area contributed by atoms with Crippen LogP contribution in [0.5, 0.6) is 0 Å². The van der Waals surface area contributed by atoms with Crippen LogP contribution in [0, 0.1) is 6.92 Å². The number of fused-ring (bicyclic) bond motifs is 2. The molecule has 0 unspecified atom stereocenters. The van der Waals surface area contributed by atoms with E-state index >= 15 is 0 Å².